The van der Waals surface area contributed by atoms with Crippen LogP contribution in [0.4, 0.5) is 5.82 Å². The van der Waals surface area contributed by atoms with Gasteiger partial charge in [0, 0.05) is 50.9 Å². The molecule has 1 fully saturated rings. The lowest BCUT2D eigenvalue weighted by atomic mass is 10.2. The average Bonchev–Trinajstić information content (AvgIpc) is 3.24. The fourth-order valence-electron chi connectivity index (χ4n) is 3.27. The Morgan fingerprint density at radius 1 is 1.10 bits per heavy atom. The first-order valence-electron chi connectivity index (χ1n) is 9.75. The second-order valence-electron chi connectivity index (χ2n) is 6.96. The lowest BCUT2D eigenvalue weighted by molar-refractivity contribution is -0.126. The molecule has 8 nitrogen and oxygen atoms in total. The van der Waals surface area contributed by atoms with Crippen LogP contribution in [0.1, 0.15) is 11.5 Å². The van der Waals surface area contributed by atoms with Gasteiger partial charge in [0.2, 0.25) is 17.6 Å². The van der Waals surface area contributed by atoms with E-state index in [9.17, 15) is 4.79 Å². The molecule has 154 valence electrons. The lowest BCUT2D eigenvalue weighted by Gasteiger charge is -2.35. The van der Waals surface area contributed by atoms with E-state index < -0.39 is 0 Å². The van der Waals surface area contributed by atoms with Crippen molar-refractivity contribution in [2.75, 3.05) is 38.2 Å². The number of nitrogens with zero attached hydrogens (tertiary/aromatic N) is 5. The van der Waals surface area contributed by atoms with Crippen LogP contribution < -0.4 is 9.64 Å². The number of benzene rings is 1. The summed E-state index contributed by atoms with van der Waals surface area (Å²) in [6.45, 7) is 4.52. The van der Waals surface area contributed by atoms with Crippen molar-refractivity contribution in [1.29, 1.82) is 0 Å². The van der Waals surface area contributed by atoms with Gasteiger partial charge in [-0.05, 0) is 35.9 Å². The Bertz CT molecular complexity index is 1020. The molecule has 0 spiro atoms. The summed E-state index contributed by atoms with van der Waals surface area (Å²) in [6, 6.07) is 11.5. The van der Waals surface area contributed by atoms with Crippen LogP contribution in [0.3, 0.4) is 0 Å². The Morgan fingerprint density at radius 2 is 1.87 bits per heavy atom. The van der Waals surface area contributed by atoms with Gasteiger partial charge in [-0.1, -0.05) is 17.3 Å². The van der Waals surface area contributed by atoms with Crippen molar-refractivity contribution in [3.63, 3.8) is 0 Å². The van der Waals surface area contributed by atoms with E-state index in [1.807, 2.05) is 47.4 Å². The van der Waals surface area contributed by atoms with Gasteiger partial charge in [-0.25, -0.2) is 4.98 Å². The molecule has 0 atom stereocenters. The van der Waals surface area contributed by atoms with Crippen molar-refractivity contribution in [2.45, 2.75) is 6.92 Å². The number of anilines is 1. The number of rotatable bonds is 5. The number of piperazine rings is 1. The maximum Gasteiger partial charge on any atom is 0.246 e. The van der Waals surface area contributed by atoms with Gasteiger partial charge in [0.05, 0.1) is 7.11 Å². The standard InChI is InChI=1S/C22H23N5O3/c1-16-24-22(25-30-16)18-6-9-20(23-15-18)26-11-13-27(14-12-26)21(28)10-5-17-3-7-19(29-2)8-4-17/h3-10,15H,11-14H2,1-2H3/b10-5-. The summed E-state index contributed by atoms with van der Waals surface area (Å²) in [4.78, 5) is 25.3. The van der Waals surface area contributed by atoms with Gasteiger partial charge in [0.25, 0.3) is 0 Å². The Balaban J connectivity index is 1.31. The van der Waals surface area contributed by atoms with E-state index in [1.54, 1.807) is 26.3 Å². The van der Waals surface area contributed by atoms with Crippen molar-refractivity contribution in [3.8, 4) is 17.1 Å². The maximum atomic E-state index is 12.5. The van der Waals surface area contributed by atoms with Crippen LogP contribution in [0.15, 0.2) is 53.2 Å². The van der Waals surface area contributed by atoms with Crippen LogP contribution in [-0.2, 0) is 4.79 Å². The summed E-state index contributed by atoms with van der Waals surface area (Å²) in [5.74, 6) is 2.74. The predicted octanol–water partition coefficient (Wildman–Crippen LogP) is 2.81. The van der Waals surface area contributed by atoms with Crippen LogP contribution in [0.2, 0.25) is 0 Å². The molecule has 3 aromatic rings. The average molecular weight is 405 g/mol. The molecular weight excluding hydrogens is 382 g/mol. The summed E-state index contributed by atoms with van der Waals surface area (Å²) in [5.41, 5.74) is 1.77. The van der Waals surface area contributed by atoms with E-state index in [0.29, 0.717) is 24.8 Å². The Labute approximate surface area is 174 Å². The fourth-order valence-corrected chi connectivity index (χ4v) is 3.27. The summed E-state index contributed by atoms with van der Waals surface area (Å²) in [6.07, 6.45) is 5.19. The van der Waals surface area contributed by atoms with E-state index in [4.69, 9.17) is 9.26 Å². The zero-order valence-electron chi connectivity index (χ0n) is 17.0. The highest BCUT2D eigenvalue weighted by atomic mass is 16.5. The molecule has 1 aliphatic rings. The van der Waals surface area contributed by atoms with E-state index in [-0.39, 0.29) is 5.91 Å². The molecule has 0 radical (unpaired) electrons. The number of carbonyl (C=O) groups excluding carboxylic acids is 1. The molecule has 0 aliphatic carbocycles. The second-order valence-corrected chi connectivity index (χ2v) is 6.96. The first-order chi connectivity index (χ1) is 14.6. The van der Waals surface area contributed by atoms with Gasteiger partial charge in [0.1, 0.15) is 11.6 Å². The summed E-state index contributed by atoms with van der Waals surface area (Å²) in [5, 5.41) is 3.91. The lowest BCUT2D eigenvalue weighted by Crippen LogP contribution is -2.48. The number of aryl methyl sites for hydroxylation is 1. The molecule has 1 aliphatic heterocycles. The van der Waals surface area contributed by atoms with E-state index >= 15 is 0 Å². The minimum absolute atomic E-state index is 0.0150. The van der Waals surface area contributed by atoms with Crippen LogP contribution in [0.25, 0.3) is 17.5 Å². The first-order valence-corrected chi connectivity index (χ1v) is 9.75. The van der Waals surface area contributed by atoms with Gasteiger partial charge in [0.15, 0.2) is 0 Å². The zero-order chi connectivity index (χ0) is 20.9. The monoisotopic (exact) mass is 405 g/mol. The molecule has 3 heterocycles. The van der Waals surface area contributed by atoms with Crippen molar-refractivity contribution in [3.05, 3.63) is 60.1 Å². The highest BCUT2D eigenvalue weighted by Gasteiger charge is 2.20. The van der Waals surface area contributed by atoms with Gasteiger partial charge in [-0.2, -0.15) is 4.98 Å². The number of aromatic nitrogens is 3. The van der Waals surface area contributed by atoms with Crippen LogP contribution >= 0.6 is 0 Å². The molecule has 1 amide bonds. The van der Waals surface area contributed by atoms with Crippen molar-refractivity contribution >= 4 is 17.8 Å². The molecular formula is C22H23N5O3. The fraction of sp³-hybridized carbons (Fsp3) is 0.273. The molecule has 1 aromatic carbocycles. The summed E-state index contributed by atoms with van der Waals surface area (Å²) >= 11 is 0. The van der Waals surface area contributed by atoms with Crippen molar-refractivity contribution in [2.24, 2.45) is 0 Å². The molecule has 0 saturated carbocycles. The number of amides is 1. The summed E-state index contributed by atoms with van der Waals surface area (Å²) in [7, 11) is 1.63. The highest BCUT2D eigenvalue weighted by Crippen LogP contribution is 2.19. The van der Waals surface area contributed by atoms with Crippen molar-refractivity contribution in [1.82, 2.24) is 20.0 Å². The van der Waals surface area contributed by atoms with E-state index in [1.165, 1.54) is 0 Å². The molecule has 2 aromatic heterocycles. The van der Waals surface area contributed by atoms with Crippen LogP contribution in [-0.4, -0.2) is 59.2 Å². The van der Waals surface area contributed by atoms with Gasteiger partial charge >= 0.3 is 0 Å². The minimum atomic E-state index is 0.0150. The SMILES string of the molecule is COc1ccc(/C=C\C(=O)N2CCN(c3ccc(-c4noc(C)n4)cn3)CC2)cc1. The third-order valence-corrected chi connectivity index (χ3v) is 4.98. The predicted molar refractivity (Wildman–Crippen MR) is 113 cm³/mol. The molecule has 8 heteroatoms. The molecule has 4 rings (SSSR count). The van der Waals surface area contributed by atoms with Crippen LogP contribution in [0.5, 0.6) is 5.75 Å². The Hall–Kier alpha value is -3.68. The first kappa shape index (κ1) is 19.6. The minimum Gasteiger partial charge on any atom is -0.497 e. The smallest absolute Gasteiger partial charge is 0.246 e. The number of ether oxygens (including phenoxy) is 1. The molecule has 0 bridgehead atoms. The maximum absolute atomic E-state index is 12.5. The zero-order valence-corrected chi connectivity index (χ0v) is 17.0. The van der Waals surface area contributed by atoms with Gasteiger partial charge in [-0.3, -0.25) is 4.79 Å². The number of carbonyl (C=O) groups is 1. The van der Waals surface area contributed by atoms with E-state index in [2.05, 4.69) is 20.0 Å². The number of methoxy groups -OCH3 is 1. The van der Waals surface area contributed by atoms with E-state index in [0.717, 1.165) is 35.8 Å². The third kappa shape index (κ3) is 4.48. The Kier molecular flexibility index (Phi) is 5.74. The number of hydrogen-bond acceptors (Lipinski definition) is 7. The van der Waals surface area contributed by atoms with Crippen LogP contribution in [0, 0.1) is 6.92 Å². The topological polar surface area (TPSA) is 84.6 Å². The van der Waals surface area contributed by atoms with Crippen molar-refractivity contribution < 1.29 is 14.1 Å². The normalized spacial score (nSPS) is 14.3. The molecule has 0 unspecified atom stereocenters. The third-order valence-electron chi connectivity index (χ3n) is 4.98. The molecule has 0 N–H and O–H groups in total. The second kappa shape index (κ2) is 8.77. The summed E-state index contributed by atoms with van der Waals surface area (Å²) < 4.78 is 10.2. The quantitative estimate of drug-likeness (QED) is 0.604. The molecule has 1 saturated heterocycles. The Morgan fingerprint density at radius 3 is 2.47 bits per heavy atom. The number of hydrogen-bond donors (Lipinski definition) is 0. The van der Waals surface area contributed by atoms with Gasteiger partial charge < -0.3 is 19.1 Å². The number of pyridine rings is 1. The van der Waals surface area contributed by atoms with Gasteiger partial charge in [-0.15, -0.1) is 0 Å². The molecule has 30 heavy (non-hydrogen) atoms. The largest absolute Gasteiger partial charge is 0.497 e. The highest BCUT2D eigenvalue weighted by molar-refractivity contribution is 5.92.